The van der Waals surface area contributed by atoms with Gasteiger partial charge in [-0.25, -0.2) is 0 Å². The molecule has 0 radical (unpaired) electrons. The molecule has 5 aliphatic rings. The van der Waals surface area contributed by atoms with Crippen LogP contribution in [0.15, 0.2) is 36.4 Å². The van der Waals surface area contributed by atoms with Gasteiger partial charge in [-0.15, -0.1) is 0 Å². The number of amides is 2. The molecule has 0 aromatic heterocycles. The van der Waals surface area contributed by atoms with Crippen molar-refractivity contribution in [2.45, 2.75) is 193 Å². The molecular weight excluding hydrogens is 921 g/mol. The summed E-state index contributed by atoms with van der Waals surface area (Å²) in [5.41, 5.74) is 20.1. The van der Waals surface area contributed by atoms with Crippen molar-refractivity contribution in [2.24, 2.45) is 46.3 Å². The van der Waals surface area contributed by atoms with Gasteiger partial charge in [0, 0.05) is 68.8 Å². The van der Waals surface area contributed by atoms with Gasteiger partial charge in [-0.2, -0.15) is 0 Å². The fourth-order valence-corrected chi connectivity index (χ4v) is 12.4. The molecule has 1 saturated heterocycles. The number of carbonyl (C=O) groups excluding carboxylic acids is 5. The number of hydrogen-bond donors (Lipinski definition) is 4. The fraction of sp³-hybridized carbons (Fsp3) is 0.707. The smallest absolute Gasteiger partial charge is 0.461 e. The van der Waals surface area contributed by atoms with Crippen molar-refractivity contribution in [3.63, 3.8) is 0 Å². The maximum atomic E-state index is 14.9. The van der Waals surface area contributed by atoms with E-state index in [1.165, 1.54) is 49.8 Å². The van der Waals surface area contributed by atoms with Crippen molar-refractivity contribution in [3.05, 3.63) is 47.5 Å². The maximum Gasteiger partial charge on any atom is 0.461 e. The van der Waals surface area contributed by atoms with E-state index in [1.807, 2.05) is 31.2 Å². The number of Topliss-reactive ketones (excluding diaryl/α,β-unsaturated/α-hetero) is 3. The van der Waals surface area contributed by atoms with Crippen LogP contribution in [0.4, 0.5) is 0 Å². The number of hydrogen-bond acceptors (Lipinski definition) is 12. The highest BCUT2D eigenvalue weighted by atomic mass is 16.7. The Morgan fingerprint density at radius 1 is 0.822 bits per heavy atom. The molecule has 7 rings (SSSR count). The summed E-state index contributed by atoms with van der Waals surface area (Å²) in [7, 11) is 1.01. The van der Waals surface area contributed by atoms with Crippen LogP contribution in [-0.4, -0.2) is 98.8 Å². The maximum absolute atomic E-state index is 14.9. The van der Waals surface area contributed by atoms with Crippen molar-refractivity contribution in [3.8, 4) is 22.6 Å². The van der Waals surface area contributed by atoms with E-state index in [9.17, 15) is 24.0 Å². The molecule has 4 fully saturated rings. The SMILES string of the molecule is CCCCCCCCCCCCCC(=O)C[C@@H](CCN)C(=O)N(C)[C@@H]1C(=O)C[C@@H](C)C(=O)N[C@H](C(=O)C[C@@H](C)B2O[C@@H]3C[C@@H]4C[C@@H](C4(C)C)[C@]3(C)O2)Cc2ccc(OCCN)c(c2)-c2cc1ccc2OCCN. The average Bonchev–Trinajstić information content (AvgIpc) is 3.74. The Balaban J connectivity index is 1.25. The number of unbranched alkanes of at least 4 members (excludes halogenated alkanes) is 10. The monoisotopic (exact) mass is 1010 g/mol. The topological polar surface area (TPSA) is 216 Å². The first-order chi connectivity index (χ1) is 35.0. The summed E-state index contributed by atoms with van der Waals surface area (Å²) in [6.07, 6.45) is 15.6. The second-order valence-electron chi connectivity index (χ2n) is 22.8. The molecule has 73 heavy (non-hydrogen) atoms. The summed E-state index contributed by atoms with van der Waals surface area (Å²) in [6.45, 7) is 13.7. The average molecular weight is 1010 g/mol. The lowest BCUT2D eigenvalue weighted by molar-refractivity contribution is -0.199. The van der Waals surface area contributed by atoms with Crippen LogP contribution in [-0.2, 0) is 39.7 Å². The van der Waals surface area contributed by atoms with E-state index >= 15 is 0 Å². The predicted molar refractivity (Wildman–Crippen MR) is 288 cm³/mol. The highest BCUT2D eigenvalue weighted by Gasteiger charge is 2.68. The van der Waals surface area contributed by atoms with Gasteiger partial charge < -0.3 is 46.2 Å². The number of ether oxygens (including phenoxy) is 2. The minimum absolute atomic E-state index is 0.00171. The fourth-order valence-electron chi connectivity index (χ4n) is 12.4. The van der Waals surface area contributed by atoms with Crippen molar-refractivity contribution in [1.29, 1.82) is 0 Å². The normalized spacial score (nSPS) is 25.2. The summed E-state index contributed by atoms with van der Waals surface area (Å²) in [6, 6.07) is 8.84. The Hall–Kier alpha value is -4.15. The number of rotatable bonds is 28. The molecule has 2 aromatic carbocycles. The minimum atomic E-state index is -1.15. The Labute approximate surface area is 437 Å². The summed E-state index contributed by atoms with van der Waals surface area (Å²) in [4.78, 5) is 73.5. The van der Waals surface area contributed by atoms with E-state index in [1.54, 1.807) is 26.1 Å². The Kier molecular flexibility index (Phi) is 21.5. The minimum Gasteiger partial charge on any atom is -0.492 e. The summed E-state index contributed by atoms with van der Waals surface area (Å²) in [5.74, 6) is -1.39. The molecule has 2 aromatic rings. The zero-order valence-electron chi connectivity index (χ0n) is 45.5. The molecule has 3 aliphatic carbocycles. The van der Waals surface area contributed by atoms with Crippen LogP contribution in [0.5, 0.6) is 11.5 Å². The first-order valence-corrected chi connectivity index (χ1v) is 28.1. The number of fused-ring (bicyclic) bond motifs is 5. The molecule has 15 heteroatoms. The van der Waals surface area contributed by atoms with Gasteiger partial charge >= 0.3 is 7.12 Å². The van der Waals surface area contributed by atoms with Crippen molar-refractivity contribution in [2.75, 3.05) is 39.9 Å². The van der Waals surface area contributed by atoms with E-state index < -0.39 is 42.5 Å². The van der Waals surface area contributed by atoms with Gasteiger partial charge in [-0.1, -0.05) is 111 Å². The second kappa shape index (κ2) is 27.1. The Bertz CT molecular complexity index is 2190. The molecule has 7 N–H and O–H groups in total. The van der Waals surface area contributed by atoms with Crippen LogP contribution in [0.1, 0.15) is 174 Å². The molecule has 2 amide bonds. The molecule has 2 aliphatic heterocycles. The Morgan fingerprint density at radius 2 is 1.44 bits per heavy atom. The van der Waals surface area contributed by atoms with Crippen LogP contribution in [0, 0.1) is 29.1 Å². The first-order valence-electron chi connectivity index (χ1n) is 28.1. The van der Waals surface area contributed by atoms with E-state index in [0.717, 1.165) is 44.1 Å². The van der Waals surface area contributed by atoms with E-state index in [0.29, 0.717) is 46.4 Å². The van der Waals surface area contributed by atoms with Crippen molar-refractivity contribution < 1.29 is 42.8 Å². The molecule has 3 saturated carbocycles. The third-order valence-corrected chi connectivity index (χ3v) is 16.9. The molecule has 404 valence electrons. The molecule has 2 heterocycles. The lowest BCUT2D eigenvalue weighted by Gasteiger charge is -2.64. The quantitative estimate of drug-likeness (QED) is 0.0465. The molecule has 14 nitrogen and oxygen atoms in total. The number of likely N-dealkylation sites (N-methyl/N-ethyl adjacent to an activating group) is 1. The number of nitrogens with two attached hydrogens (primary N) is 3. The van der Waals surface area contributed by atoms with E-state index in [4.69, 9.17) is 36.0 Å². The van der Waals surface area contributed by atoms with Gasteiger partial charge in [-0.05, 0) is 104 Å². The highest BCUT2D eigenvalue weighted by molar-refractivity contribution is 6.47. The number of ketones is 3. The van der Waals surface area contributed by atoms with Crippen LogP contribution >= 0.6 is 0 Å². The molecule has 0 spiro atoms. The largest absolute Gasteiger partial charge is 0.492 e. The Morgan fingerprint density at radius 3 is 2.05 bits per heavy atom. The summed E-state index contributed by atoms with van der Waals surface area (Å²) < 4.78 is 25.8. The summed E-state index contributed by atoms with van der Waals surface area (Å²) >= 11 is 0. The number of nitrogens with one attached hydrogen (secondary N) is 1. The standard InChI is InChI=1S/C58H90BN5O9/c1-8-9-10-11-12-13-14-15-16-17-18-19-44(65)34-42(24-25-60)56(69)64(7)54-41-21-23-51(71-29-27-62)46(35-41)45-32-40(20-22-50(45)70-28-26-61)33-47(63-55(68)38(2)30-49(54)67)48(66)31-39(3)59-72-53-37-43-36-52(57(43,4)5)58(53,6)73-59/h20-23,32,35,38-39,42-43,47,52-54H,8-19,24-31,33-34,36-37,60-62H2,1-7H3,(H,63,68)/t38-,39-,42-,43+,47+,52+,53-,54+,58+/m1/s1. The van der Waals surface area contributed by atoms with Gasteiger partial charge in [0.2, 0.25) is 11.8 Å². The number of benzene rings is 2. The number of nitrogens with zero attached hydrogens (tertiary/aromatic N) is 1. The third kappa shape index (κ3) is 14.4. The summed E-state index contributed by atoms with van der Waals surface area (Å²) in [5, 5.41) is 3.05. The highest BCUT2D eigenvalue weighted by Crippen LogP contribution is 2.66. The molecule has 6 bridgehead atoms. The van der Waals surface area contributed by atoms with Gasteiger partial charge in [-0.3, -0.25) is 24.0 Å². The molecule has 9 atom stereocenters. The number of carbonyl (C=O) groups is 5. The van der Waals surface area contributed by atoms with Crippen LogP contribution in [0.2, 0.25) is 5.82 Å². The van der Waals surface area contributed by atoms with Gasteiger partial charge in [0.1, 0.15) is 36.5 Å². The lowest BCUT2D eigenvalue weighted by Crippen LogP contribution is -2.65. The molecule has 0 unspecified atom stereocenters. The van der Waals surface area contributed by atoms with Gasteiger partial charge in [0.15, 0.2) is 11.6 Å². The zero-order valence-corrected chi connectivity index (χ0v) is 45.5. The lowest BCUT2D eigenvalue weighted by atomic mass is 9.43. The van der Waals surface area contributed by atoms with Crippen LogP contribution in [0.25, 0.3) is 11.1 Å². The second-order valence-corrected chi connectivity index (χ2v) is 22.8. The van der Waals surface area contributed by atoms with E-state index in [-0.39, 0.29) is 106 Å². The van der Waals surface area contributed by atoms with Crippen molar-refractivity contribution >= 4 is 36.3 Å². The predicted octanol–water partition coefficient (Wildman–Crippen LogP) is 8.87. The van der Waals surface area contributed by atoms with Gasteiger partial charge in [0.25, 0.3) is 0 Å². The molecular formula is C58H90BN5O9. The van der Waals surface area contributed by atoms with Gasteiger partial charge in [0.05, 0.1) is 17.7 Å². The first kappa shape index (κ1) is 58.1. The van der Waals surface area contributed by atoms with Crippen molar-refractivity contribution in [1.82, 2.24) is 10.2 Å². The zero-order chi connectivity index (χ0) is 52.9. The third-order valence-electron chi connectivity index (χ3n) is 16.9. The van der Waals surface area contributed by atoms with E-state index in [2.05, 4.69) is 33.0 Å². The van der Waals surface area contributed by atoms with Crippen LogP contribution < -0.4 is 32.0 Å². The van der Waals surface area contributed by atoms with Crippen LogP contribution in [0.3, 0.4) is 0 Å².